The maximum absolute atomic E-state index is 13.0. The zero-order valence-corrected chi connectivity index (χ0v) is 18.2. The van der Waals surface area contributed by atoms with Crippen molar-refractivity contribution in [2.45, 2.75) is 31.8 Å². The van der Waals surface area contributed by atoms with Gasteiger partial charge in [-0.2, -0.15) is 0 Å². The van der Waals surface area contributed by atoms with Gasteiger partial charge in [0.15, 0.2) is 11.6 Å². The fourth-order valence-electron chi connectivity index (χ4n) is 3.87. The van der Waals surface area contributed by atoms with Crippen molar-refractivity contribution in [3.8, 4) is 0 Å². The number of amides is 2. The summed E-state index contributed by atoms with van der Waals surface area (Å²) in [6.07, 6.45) is 7.41. The van der Waals surface area contributed by atoms with Crippen molar-refractivity contribution in [2.75, 3.05) is 17.2 Å². The number of carbonyl (C=O) groups is 3. The van der Waals surface area contributed by atoms with E-state index in [1.54, 1.807) is 11.0 Å². The quantitative estimate of drug-likeness (QED) is 0.505. The number of nitrogens with one attached hydrogen (secondary N) is 3. The number of Topliss-reactive ketones (excluding diaryl/α,β-unsaturated/α-hetero) is 1. The van der Waals surface area contributed by atoms with Crippen LogP contribution in [0.2, 0.25) is 0 Å². The molecular formula is C20H20BrN7O3. The molecule has 4 rings (SSSR count). The van der Waals surface area contributed by atoms with E-state index < -0.39 is 6.04 Å². The third kappa shape index (κ3) is 4.46. The van der Waals surface area contributed by atoms with Gasteiger partial charge in [0.25, 0.3) is 0 Å². The topological polar surface area (TPSA) is 141 Å². The molecule has 10 nitrogen and oxygen atoms in total. The molecule has 160 valence electrons. The van der Waals surface area contributed by atoms with Crippen LogP contribution in [0.4, 0.5) is 11.5 Å². The molecule has 1 aliphatic carbocycles. The highest BCUT2D eigenvalue weighted by atomic mass is 79.9. The Morgan fingerprint density at radius 1 is 1.23 bits per heavy atom. The van der Waals surface area contributed by atoms with Gasteiger partial charge in [-0.25, -0.2) is 4.98 Å². The minimum Gasteiger partial charge on any atom is -0.374 e. The molecule has 3 heterocycles. The van der Waals surface area contributed by atoms with Crippen LogP contribution in [0.15, 0.2) is 35.5 Å². The summed E-state index contributed by atoms with van der Waals surface area (Å²) in [7, 11) is 0. The Hall–Kier alpha value is -3.21. The molecule has 2 aromatic heterocycles. The molecule has 0 spiro atoms. The van der Waals surface area contributed by atoms with Gasteiger partial charge in [-0.15, -0.1) is 0 Å². The van der Waals surface area contributed by atoms with Crippen LogP contribution < -0.4 is 10.6 Å². The maximum atomic E-state index is 13.0. The van der Waals surface area contributed by atoms with Gasteiger partial charge in [0.2, 0.25) is 11.8 Å². The SMILES string of the molecule is CC(=O)C(=N)c1ccncc1NCC(=O)N1[C@@H]2CC2C[C@H]1C(=O)Nc1cncc(Br)n1. The molecule has 11 heteroatoms. The number of aromatic nitrogens is 3. The van der Waals surface area contributed by atoms with Crippen LogP contribution in [0.1, 0.15) is 25.3 Å². The highest BCUT2D eigenvalue weighted by Crippen LogP contribution is 2.48. The van der Waals surface area contributed by atoms with E-state index in [0.29, 0.717) is 34.0 Å². The third-order valence-corrected chi connectivity index (χ3v) is 5.81. The van der Waals surface area contributed by atoms with E-state index in [1.165, 1.54) is 31.7 Å². The molecule has 0 aromatic carbocycles. The third-order valence-electron chi connectivity index (χ3n) is 5.42. The maximum Gasteiger partial charge on any atom is 0.248 e. The largest absolute Gasteiger partial charge is 0.374 e. The van der Waals surface area contributed by atoms with Gasteiger partial charge in [0.1, 0.15) is 16.4 Å². The smallest absolute Gasteiger partial charge is 0.248 e. The van der Waals surface area contributed by atoms with Gasteiger partial charge in [0.05, 0.1) is 30.8 Å². The van der Waals surface area contributed by atoms with Gasteiger partial charge in [-0.05, 0) is 40.8 Å². The number of ketones is 1. The normalized spacial score (nSPS) is 21.2. The molecule has 3 N–H and O–H groups in total. The summed E-state index contributed by atoms with van der Waals surface area (Å²) in [5.41, 5.74) is 0.643. The first-order chi connectivity index (χ1) is 14.8. The van der Waals surface area contributed by atoms with Crippen LogP contribution in [0, 0.1) is 11.3 Å². The Kier molecular flexibility index (Phi) is 5.77. The monoisotopic (exact) mass is 485 g/mol. The van der Waals surface area contributed by atoms with Crippen LogP contribution >= 0.6 is 15.9 Å². The van der Waals surface area contributed by atoms with Crippen molar-refractivity contribution in [1.29, 1.82) is 5.41 Å². The molecule has 0 bridgehead atoms. The molecule has 31 heavy (non-hydrogen) atoms. The number of piperidine rings is 1. The Morgan fingerprint density at radius 2 is 2.03 bits per heavy atom. The van der Waals surface area contributed by atoms with Crippen molar-refractivity contribution < 1.29 is 14.4 Å². The zero-order chi connectivity index (χ0) is 22.1. The average Bonchev–Trinajstić information content (AvgIpc) is 3.41. The predicted molar refractivity (Wildman–Crippen MR) is 116 cm³/mol. The fraction of sp³-hybridized carbons (Fsp3) is 0.350. The van der Waals surface area contributed by atoms with E-state index in [4.69, 9.17) is 5.41 Å². The number of likely N-dealkylation sites (tertiary alicyclic amines) is 1. The van der Waals surface area contributed by atoms with E-state index in [-0.39, 0.29) is 35.9 Å². The molecule has 3 atom stereocenters. The van der Waals surface area contributed by atoms with Gasteiger partial charge < -0.3 is 15.5 Å². The highest BCUT2D eigenvalue weighted by molar-refractivity contribution is 9.10. The van der Waals surface area contributed by atoms with Crippen molar-refractivity contribution in [3.63, 3.8) is 0 Å². The lowest BCUT2D eigenvalue weighted by Gasteiger charge is -2.27. The molecule has 1 saturated heterocycles. The van der Waals surface area contributed by atoms with E-state index in [9.17, 15) is 14.4 Å². The first-order valence-corrected chi connectivity index (χ1v) is 10.5. The van der Waals surface area contributed by atoms with Crippen LogP contribution in [-0.2, 0) is 14.4 Å². The molecule has 0 radical (unpaired) electrons. The molecule has 2 aromatic rings. The number of halogens is 1. The average molecular weight is 486 g/mol. The van der Waals surface area contributed by atoms with Crippen molar-refractivity contribution in [2.24, 2.45) is 5.92 Å². The van der Waals surface area contributed by atoms with Crippen molar-refractivity contribution >= 4 is 50.7 Å². The Balaban J connectivity index is 1.44. The summed E-state index contributed by atoms with van der Waals surface area (Å²) in [5, 5.41) is 13.6. The Morgan fingerprint density at radius 3 is 2.77 bits per heavy atom. The minimum absolute atomic E-state index is 0.0579. The van der Waals surface area contributed by atoms with E-state index in [0.717, 1.165) is 6.42 Å². The Labute approximate surface area is 186 Å². The zero-order valence-electron chi connectivity index (χ0n) is 16.6. The summed E-state index contributed by atoms with van der Waals surface area (Å²) >= 11 is 3.22. The van der Waals surface area contributed by atoms with Gasteiger partial charge in [-0.1, -0.05) is 0 Å². The lowest BCUT2D eigenvalue weighted by Crippen LogP contribution is -2.47. The number of hydrogen-bond acceptors (Lipinski definition) is 8. The van der Waals surface area contributed by atoms with Crippen LogP contribution in [0.25, 0.3) is 0 Å². The predicted octanol–water partition coefficient (Wildman–Crippen LogP) is 1.63. The summed E-state index contributed by atoms with van der Waals surface area (Å²) < 4.78 is 0.500. The summed E-state index contributed by atoms with van der Waals surface area (Å²) in [4.78, 5) is 51.2. The summed E-state index contributed by atoms with van der Waals surface area (Å²) in [5.74, 6) is -0.266. The van der Waals surface area contributed by atoms with E-state index in [1.807, 2.05) is 0 Å². The summed E-state index contributed by atoms with van der Waals surface area (Å²) in [6, 6.07) is 1.03. The molecule has 1 aliphatic heterocycles. The number of hydrogen-bond donors (Lipinski definition) is 3. The lowest BCUT2D eigenvalue weighted by atomic mass is 10.1. The van der Waals surface area contributed by atoms with Crippen LogP contribution in [-0.4, -0.2) is 61.8 Å². The second kappa shape index (κ2) is 8.50. The molecule has 2 aliphatic rings. The van der Waals surface area contributed by atoms with Gasteiger partial charge >= 0.3 is 0 Å². The molecule has 2 fully saturated rings. The second-order valence-corrected chi connectivity index (χ2v) is 8.35. The first kappa shape index (κ1) is 21.0. The molecular weight excluding hydrogens is 466 g/mol. The lowest BCUT2D eigenvalue weighted by molar-refractivity contribution is -0.136. The van der Waals surface area contributed by atoms with Crippen LogP contribution in [0.5, 0.6) is 0 Å². The van der Waals surface area contributed by atoms with Crippen LogP contribution in [0.3, 0.4) is 0 Å². The summed E-state index contributed by atoms with van der Waals surface area (Å²) in [6.45, 7) is 1.24. The van der Waals surface area contributed by atoms with Gasteiger partial charge in [-0.3, -0.25) is 29.8 Å². The van der Waals surface area contributed by atoms with Crippen molar-refractivity contribution in [3.05, 3.63) is 41.0 Å². The van der Waals surface area contributed by atoms with Crippen molar-refractivity contribution in [1.82, 2.24) is 19.9 Å². The minimum atomic E-state index is -0.581. The fourth-order valence-corrected chi connectivity index (χ4v) is 4.18. The number of rotatable bonds is 7. The number of nitrogens with zero attached hydrogens (tertiary/aromatic N) is 4. The number of anilines is 2. The number of carbonyl (C=O) groups excluding carboxylic acids is 3. The molecule has 1 unspecified atom stereocenters. The highest BCUT2D eigenvalue weighted by Gasteiger charge is 2.55. The molecule has 2 amide bonds. The van der Waals surface area contributed by atoms with E-state index in [2.05, 4.69) is 41.5 Å². The van der Waals surface area contributed by atoms with Gasteiger partial charge in [0, 0.05) is 24.7 Å². The first-order valence-electron chi connectivity index (χ1n) is 9.72. The molecule has 1 saturated carbocycles. The van der Waals surface area contributed by atoms with E-state index >= 15 is 0 Å². The Bertz CT molecular complexity index is 1080. The number of pyridine rings is 1. The number of fused-ring (bicyclic) bond motifs is 1. The standard InChI is InChI=1S/C20H20BrN7O3/c1-10(29)19(22)12-2-3-23-6-13(12)25-9-18(30)28-14-4-11(14)5-15(28)20(31)27-17-8-24-7-16(21)26-17/h2-3,6-8,11,14-15,22,25H,4-5,9H2,1H3,(H,26,27,31)/t11?,14-,15+/m1/s1. The second-order valence-electron chi connectivity index (χ2n) is 7.54.